The van der Waals surface area contributed by atoms with Crippen LogP contribution >= 0.6 is 11.3 Å². The lowest BCUT2D eigenvalue weighted by Gasteiger charge is -2.22. The van der Waals surface area contributed by atoms with Gasteiger partial charge in [0.25, 0.3) is 0 Å². The number of aromatic nitrogens is 1. The largest absolute Gasteiger partial charge is 0.454 e. The van der Waals surface area contributed by atoms with Gasteiger partial charge in [-0.15, -0.1) is 0 Å². The summed E-state index contributed by atoms with van der Waals surface area (Å²) >= 11 is 1.14. The summed E-state index contributed by atoms with van der Waals surface area (Å²) in [7, 11) is -3.55. The SMILES string of the molecule is CC(C)n1c(=O)sc2cc(NC(=O)CCCN(c3ccc4c(c3)OCO4)S(C)(=O)=O)ccc21. The van der Waals surface area contributed by atoms with Gasteiger partial charge in [-0.25, -0.2) is 8.42 Å². The number of nitrogens with zero attached hydrogens (tertiary/aromatic N) is 2. The van der Waals surface area contributed by atoms with Crippen molar-refractivity contribution in [1.82, 2.24) is 4.57 Å². The number of ether oxygens (including phenoxy) is 2. The number of thiazole rings is 1. The Kier molecular flexibility index (Phi) is 6.35. The summed E-state index contributed by atoms with van der Waals surface area (Å²) < 4.78 is 39.0. The molecule has 1 N–H and O–H groups in total. The maximum Gasteiger partial charge on any atom is 0.308 e. The number of carbonyl (C=O) groups excluding carboxylic acids is 1. The second-order valence-corrected chi connectivity index (χ2v) is 10.9. The van der Waals surface area contributed by atoms with Gasteiger partial charge in [0.2, 0.25) is 22.7 Å². The molecule has 0 bridgehead atoms. The summed E-state index contributed by atoms with van der Waals surface area (Å²) in [6, 6.07) is 10.4. The standard InChI is InChI=1S/C22H25N3O6S2/c1-14(2)25-17-8-6-15(11-20(17)32-22(25)27)23-21(26)5-4-10-24(33(3,28)29)16-7-9-18-19(12-16)31-13-30-18/h6-9,11-12,14H,4-5,10,13H2,1-3H3,(H,23,26). The van der Waals surface area contributed by atoms with Crippen molar-refractivity contribution in [2.24, 2.45) is 0 Å². The highest BCUT2D eigenvalue weighted by Gasteiger charge is 2.21. The van der Waals surface area contributed by atoms with E-state index in [0.29, 0.717) is 29.3 Å². The number of hydrogen-bond acceptors (Lipinski definition) is 7. The first-order valence-electron chi connectivity index (χ1n) is 10.5. The van der Waals surface area contributed by atoms with E-state index in [1.54, 1.807) is 34.9 Å². The number of carbonyl (C=O) groups is 1. The van der Waals surface area contributed by atoms with Crippen LogP contribution in [0.2, 0.25) is 0 Å². The molecule has 0 fully saturated rings. The Labute approximate surface area is 195 Å². The van der Waals surface area contributed by atoms with Crippen LogP contribution in [0.5, 0.6) is 11.5 Å². The lowest BCUT2D eigenvalue weighted by molar-refractivity contribution is -0.116. The van der Waals surface area contributed by atoms with Gasteiger partial charge in [-0.05, 0) is 50.6 Å². The number of rotatable bonds is 8. The zero-order chi connectivity index (χ0) is 23.8. The highest BCUT2D eigenvalue weighted by Crippen LogP contribution is 2.36. The topological polar surface area (TPSA) is 107 Å². The quantitative estimate of drug-likeness (QED) is 0.516. The second kappa shape index (κ2) is 9.06. The van der Waals surface area contributed by atoms with Crippen molar-refractivity contribution in [3.8, 4) is 11.5 Å². The zero-order valence-corrected chi connectivity index (χ0v) is 20.2. The number of fused-ring (bicyclic) bond motifs is 2. The number of nitrogens with one attached hydrogen (secondary N) is 1. The molecule has 2 heterocycles. The van der Waals surface area contributed by atoms with Crippen molar-refractivity contribution < 1.29 is 22.7 Å². The van der Waals surface area contributed by atoms with Crippen molar-refractivity contribution in [3.05, 3.63) is 46.1 Å². The fourth-order valence-corrected chi connectivity index (χ4v) is 5.75. The maximum absolute atomic E-state index is 12.5. The summed E-state index contributed by atoms with van der Waals surface area (Å²) in [6.07, 6.45) is 1.59. The lowest BCUT2D eigenvalue weighted by Crippen LogP contribution is -2.31. The van der Waals surface area contributed by atoms with Crippen molar-refractivity contribution in [3.63, 3.8) is 0 Å². The Morgan fingerprint density at radius 1 is 1.18 bits per heavy atom. The Bertz CT molecular complexity index is 1360. The minimum absolute atomic E-state index is 0.0344. The van der Waals surface area contributed by atoms with Gasteiger partial charge in [-0.3, -0.25) is 18.5 Å². The zero-order valence-electron chi connectivity index (χ0n) is 18.5. The Hall–Kier alpha value is -3.05. The van der Waals surface area contributed by atoms with E-state index in [1.807, 2.05) is 19.9 Å². The Balaban J connectivity index is 1.40. The van der Waals surface area contributed by atoms with Crippen LogP contribution in [0.25, 0.3) is 10.2 Å². The van der Waals surface area contributed by atoms with Gasteiger partial charge in [0.1, 0.15) is 0 Å². The highest BCUT2D eigenvalue weighted by atomic mass is 32.2. The van der Waals surface area contributed by atoms with Crippen molar-refractivity contribution in [1.29, 1.82) is 0 Å². The van der Waals surface area contributed by atoms with Crippen molar-refractivity contribution in [2.45, 2.75) is 32.7 Å². The fraction of sp³-hybridized carbons (Fsp3) is 0.364. The van der Waals surface area contributed by atoms with Gasteiger partial charge >= 0.3 is 4.87 Å². The first-order valence-corrected chi connectivity index (χ1v) is 13.1. The summed E-state index contributed by atoms with van der Waals surface area (Å²) in [6.45, 7) is 4.14. The molecule has 1 aliphatic rings. The molecule has 9 nitrogen and oxygen atoms in total. The number of amides is 1. The predicted molar refractivity (Wildman–Crippen MR) is 129 cm³/mol. The summed E-state index contributed by atoms with van der Waals surface area (Å²) in [5, 5.41) is 2.83. The third-order valence-corrected chi connectivity index (χ3v) is 7.34. The molecule has 0 saturated heterocycles. The third-order valence-electron chi connectivity index (χ3n) is 5.22. The molecule has 1 aliphatic heterocycles. The number of benzene rings is 2. The van der Waals surface area contributed by atoms with Gasteiger partial charge in [-0.2, -0.15) is 0 Å². The molecule has 0 spiro atoms. The van der Waals surface area contributed by atoms with E-state index in [2.05, 4.69) is 5.32 Å². The molecule has 3 aromatic rings. The van der Waals surface area contributed by atoms with Gasteiger partial charge in [0.05, 0.1) is 22.2 Å². The molecule has 0 aliphatic carbocycles. The van der Waals surface area contributed by atoms with Gasteiger partial charge < -0.3 is 14.8 Å². The third kappa shape index (κ3) is 4.98. The fourth-order valence-electron chi connectivity index (χ4n) is 3.74. The second-order valence-electron chi connectivity index (χ2n) is 8.04. The van der Waals surface area contributed by atoms with E-state index in [-0.39, 0.29) is 36.6 Å². The molecule has 33 heavy (non-hydrogen) atoms. The minimum atomic E-state index is -3.55. The van der Waals surface area contributed by atoms with E-state index < -0.39 is 10.0 Å². The highest BCUT2D eigenvalue weighted by molar-refractivity contribution is 7.92. The summed E-state index contributed by atoms with van der Waals surface area (Å²) in [5.41, 5.74) is 1.89. The van der Waals surface area contributed by atoms with Crippen LogP contribution < -0.4 is 24.0 Å². The van der Waals surface area contributed by atoms with E-state index in [1.165, 1.54) is 4.31 Å². The lowest BCUT2D eigenvalue weighted by atomic mass is 10.2. The molecule has 176 valence electrons. The molecule has 0 saturated carbocycles. The predicted octanol–water partition coefficient (Wildman–Crippen LogP) is 3.56. The van der Waals surface area contributed by atoms with Crippen LogP contribution in [0, 0.1) is 0 Å². The Morgan fingerprint density at radius 3 is 2.67 bits per heavy atom. The van der Waals surface area contributed by atoms with Crippen LogP contribution in [0.1, 0.15) is 32.7 Å². The van der Waals surface area contributed by atoms with Gasteiger partial charge in [0, 0.05) is 30.8 Å². The van der Waals surface area contributed by atoms with E-state index >= 15 is 0 Å². The first-order chi connectivity index (χ1) is 15.6. The van der Waals surface area contributed by atoms with Crippen LogP contribution in [0.3, 0.4) is 0 Å². The van der Waals surface area contributed by atoms with Crippen molar-refractivity contribution >= 4 is 48.9 Å². The Morgan fingerprint density at radius 2 is 1.94 bits per heavy atom. The summed E-state index contributed by atoms with van der Waals surface area (Å²) in [4.78, 5) is 24.6. The van der Waals surface area contributed by atoms with Crippen LogP contribution in [0.4, 0.5) is 11.4 Å². The first kappa shape index (κ1) is 23.1. The van der Waals surface area contributed by atoms with E-state index in [9.17, 15) is 18.0 Å². The van der Waals surface area contributed by atoms with Gasteiger partial charge in [0.15, 0.2) is 11.5 Å². The average molecular weight is 492 g/mol. The van der Waals surface area contributed by atoms with Crippen LogP contribution in [-0.4, -0.2) is 38.5 Å². The molecule has 1 amide bonds. The average Bonchev–Trinajstić information content (AvgIpc) is 3.32. The monoisotopic (exact) mass is 491 g/mol. The summed E-state index contributed by atoms with van der Waals surface area (Å²) in [5.74, 6) is 0.823. The molecular weight excluding hydrogens is 466 g/mol. The number of hydrogen-bond donors (Lipinski definition) is 1. The molecule has 0 radical (unpaired) electrons. The van der Waals surface area contributed by atoms with Crippen LogP contribution in [-0.2, 0) is 14.8 Å². The number of anilines is 2. The van der Waals surface area contributed by atoms with Crippen LogP contribution in [0.15, 0.2) is 41.2 Å². The molecular formula is C22H25N3O6S2. The maximum atomic E-state index is 12.5. The molecule has 4 rings (SSSR count). The van der Waals surface area contributed by atoms with E-state index in [0.717, 1.165) is 27.8 Å². The van der Waals surface area contributed by atoms with Gasteiger partial charge in [-0.1, -0.05) is 11.3 Å². The minimum Gasteiger partial charge on any atom is -0.454 e. The number of sulfonamides is 1. The molecule has 0 atom stereocenters. The molecule has 1 aromatic heterocycles. The normalized spacial score (nSPS) is 13.0. The molecule has 2 aromatic carbocycles. The molecule has 11 heteroatoms. The van der Waals surface area contributed by atoms with E-state index in [4.69, 9.17) is 9.47 Å². The molecule has 0 unspecified atom stereocenters. The van der Waals surface area contributed by atoms with Crippen molar-refractivity contribution in [2.75, 3.05) is 29.2 Å². The smallest absolute Gasteiger partial charge is 0.308 e.